The van der Waals surface area contributed by atoms with E-state index >= 15 is 0 Å². The first kappa shape index (κ1) is 9.88. The molecule has 0 spiro atoms. The third-order valence-electron chi connectivity index (χ3n) is 1.97. The largest absolute Gasteiger partial charge is 0.468 e. The van der Waals surface area contributed by atoms with Gasteiger partial charge in [0.05, 0.1) is 12.3 Å². The van der Waals surface area contributed by atoms with Crippen molar-refractivity contribution in [3.05, 3.63) is 24.2 Å². The van der Waals surface area contributed by atoms with Crippen molar-refractivity contribution >= 4 is 0 Å². The topological polar surface area (TPSA) is 25.2 Å². The van der Waals surface area contributed by atoms with Gasteiger partial charge in [-0.3, -0.25) is 0 Å². The Bertz CT molecular complexity index is 279. The molecule has 0 saturated carbocycles. The predicted octanol–water partition coefficient (Wildman–Crippen LogP) is 2.34. The third-order valence-corrected chi connectivity index (χ3v) is 1.97. The van der Waals surface area contributed by atoms with Crippen LogP contribution in [0.15, 0.2) is 22.8 Å². The summed E-state index contributed by atoms with van der Waals surface area (Å²) in [6, 6.07) is 4.18. The van der Waals surface area contributed by atoms with E-state index in [2.05, 4.69) is 17.2 Å². The standard InChI is InChI=1S/C11H15NO/c1-3-4-5-7-10(12-2)11-8-6-9-13-11/h6,8-10,12H,5,7H2,1-2H3. The van der Waals surface area contributed by atoms with Gasteiger partial charge in [-0.2, -0.15) is 0 Å². The number of furan rings is 1. The zero-order chi connectivity index (χ0) is 9.52. The Morgan fingerprint density at radius 1 is 1.62 bits per heavy atom. The molecule has 0 saturated heterocycles. The molecule has 2 nitrogen and oxygen atoms in total. The molecule has 0 fully saturated rings. The number of rotatable bonds is 4. The molecular formula is C11H15NO. The minimum atomic E-state index is 0.288. The van der Waals surface area contributed by atoms with E-state index in [1.165, 1.54) is 0 Å². The summed E-state index contributed by atoms with van der Waals surface area (Å²) in [7, 11) is 1.94. The second-order valence-corrected chi connectivity index (χ2v) is 2.82. The highest BCUT2D eigenvalue weighted by Gasteiger charge is 2.09. The molecule has 0 radical (unpaired) electrons. The molecule has 1 aromatic rings. The fraction of sp³-hybridized carbons (Fsp3) is 0.455. The molecule has 1 heterocycles. The van der Waals surface area contributed by atoms with Crippen molar-refractivity contribution in [1.29, 1.82) is 0 Å². The van der Waals surface area contributed by atoms with Crippen molar-refractivity contribution < 1.29 is 4.42 Å². The van der Waals surface area contributed by atoms with E-state index in [0.717, 1.165) is 18.6 Å². The second-order valence-electron chi connectivity index (χ2n) is 2.82. The van der Waals surface area contributed by atoms with Gasteiger partial charge in [-0.05, 0) is 32.5 Å². The first-order valence-electron chi connectivity index (χ1n) is 4.48. The maximum Gasteiger partial charge on any atom is 0.120 e. The predicted molar refractivity (Wildman–Crippen MR) is 53.2 cm³/mol. The Morgan fingerprint density at radius 3 is 3.00 bits per heavy atom. The first-order valence-corrected chi connectivity index (χ1v) is 4.48. The van der Waals surface area contributed by atoms with Crippen LogP contribution in [-0.4, -0.2) is 7.05 Å². The lowest BCUT2D eigenvalue weighted by Gasteiger charge is -2.10. The lowest BCUT2D eigenvalue weighted by atomic mass is 10.1. The lowest BCUT2D eigenvalue weighted by Crippen LogP contribution is -2.15. The van der Waals surface area contributed by atoms with E-state index < -0.39 is 0 Å². The van der Waals surface area contributed by atoms with Gasteiger partial charge in [-0.1, -0.05) is 0 Å². The number of hydrogen-bond acceptors (Lipinski definition) is 2. The summed E-state index contributed by atoms with van der Waals surface area (Å²) in [5.41, 5.74) is 0. The van der Waals surface area contributed by atoms with Gasteiger partial charge in [0.25, 0.3) is 0 Å². The fourth-order valence-electron chi connectivity index (χ4n) is 1.26. The SMILES string of the molecule is CC#CCCC(NC)c1ccco1. The highest BCUT2D eigenvalue weighted by Crippen LogP contribution is 2.17. The quantitative estimate of drug-likeness (QED) is 0.714. The second kappa shape index (κ2) is 5.45. The molecular weight excluding hydrogens is 162 g/mol. The fourth-order valence-corrected chi connectivity index (χ4v) is 1.26. The van der Waals surface area contributed by atoms with Crippen LogP contribution >= 0.6 is 0 Å². The molecule has 1 N–H and O–H groups in total. The van der Waals surface area contributed by atoms with Crippen LogP contribution in [0.3, 0.4) is 0 Å². The molecule has 13 heavy (non-hydrogen) atoms. The van der Waals surface area contributed by atoms with Gasteiger partial charge >= 0.3 is 0 Å². The highest BCUT2D eigenvalue weighted by molar-refractivity contribution is 5.05. The van der Waals surface area contributed by atoms with E-state index in [4.69, 9.17) is 4.42 Å². The van der Waals surface area contributed by atoms with Gasteiger partial charge in [0.15, 0.2) is 0 Å². The summed E-state index contributed by atoms with van der Waals surface area (Å²) in [6.07, 6.45) is 3.60. The Kier molecular flexibility index (Phi) is 4.14. The molecule has 70 valence electrons. The molecule has 0 amide bonds. The summed E-state index contributed by atoms with van der Waals surface area (Å²) in [5.74, 6) is 6.91. The molecule has 0 aliphatic carbocycles. The van der Waals surface area contributed by atoms with Crippen LogP contribution in [-0.2, 0) is 0 Å². The van der Waals surface area contributed by atoms with Crippen molar-refractivity contribution in [2.75, 3.05) is 7.05 Å². The van der Waals surface area contributed by atoms with Gasteiger partial charge in [-0.15, -0.1) is 11.8 Å². The molecule has 0 aromatic carbocycles. The van der Waals surface area contributed by atoms with Crippen LogP contribution in [0.4, 0.5) is 0 Å². The Morgan fingerprint density at radius 2 is 2.46 bits per heavy atom. The van der Waals surface area contributed by atoms with Crippen LogP contribution in [0.25, 0.3) is 0 Å². The first-order chi connectivity index (χ1) is 6.38. The molecule has 1 atom stereocenters. The third kappa shape index (κ3) is 2.96. The van der Waals surface area contributed by atoms with E-state index in [1.54, 1.807) is 6.26 Å². The number of hydrogen-bond donors (Lipinski definition) is 1. The average Bonchev–Trinajstić information content (AvgIpc) is 2.65. The lowest BCUT2D eigenvalue weighted by molar-refractivity contribution is 0.418. The minimum Gasteiger partial charge on any atom is -0.468 e. The molecule has 0 bridgehead atoms. The van der Waals surface area contributed by atoms with E-state index in [0.29, 0.717) is 0 Å². The molecule has 1 unspecified atom stereocenters. The summed E-state index contributed by atoms with van der Waals surface area (Å²) in [4.78, 5) is 0. The van der Waals surface area contributed by atoms with Crippen molar-refractivity contribution in [2.24, 2.45) is 0 Å². The van der Waals surface area contributed by atoms with Gasteiger partial charge in [-0.25, -0.2) is 0 Å². The molecule has 1 aromatic heterocycles. The van der Waals surface area contributed by atoms with Crippen molar-refractivity contribution in [3.8, 4) is 11.8 Å². The van der Waals surface area contributed by atoms with Crippen LogP contribution in [0, 0.1) is 11.8 Å². The van der Waals surface area contributed by atoms with Gasteiger partial charge in [0.2, 0.25) is 0 Å². The summed E-state index contributed by atoms with van der Waals surface area (Å²) in [5, 5.41) is 3.20. The summed E-state index contributed by atoms with van der Waals surface area (Å²) in [6.45, 7) is 1.86. The normalized spacial score (nSPS) is 11.8. The Hall–Kier alpha value is -1.20. The highest BCUT2D eigenvalue weighted by atomic mass is 16.3. The van der Waals surface area contributed by atoms with E-state index in [-0.39, 0.29) is 6.04 Å². The maximum absolute atomic E-state index is 5.31. The summed E-state index contributed by atoms with van der Waals surface area (Å²) < 4.78 is 5.31. The van der Waals surface area contributed by atoms with Crippen LogP contribution in [0.5, 0.6) is 0 Å². The van der Waals surface area contributed by atoms with E-state index in [9.17, 15) is 0 Å². The Labute approximate surface area is 79.3 Å². The molecule has 1 rings (SSSR count). The monoisotopic (exact) mass is 177 g/mol. The zero-order valence-corrected chi connectivity index (χ0v) is 8.13. The van der Waals surface area contributed by atoms with Crippen LogP contribution in [0.1, 0.15) is 31.6 Å². The molecule has 0 aliphatic rings. The van der Waals surface area contributed by atoms with Crippen molar-refractivity contribution in [2.45, 2.75) is 25.8 Å². The van der Waals surface area contributed by atoms with E-state index in [1.807, 2.05) is 26.1 Å². The van der Waals surface area contributed by atoms with Gasteiger partial charge < -0.3 is 9.73 Å². The summed E-state index contributed by atoms with van der Waals surface area (Å²) >= 11 is 0. The number of nitrogens with one attached hydrogen (secondary N) is 1. The van der Waals surface area contributed by atoms with Crippen molar-refractivity contribution in [3.63, 3.8) is 0 Å². The van der Waals surface area contributed by atoms with Crippen molar-refractivity contribution in [1.82, 2.24) is 5.32 Å². The van der Waals surface area contributed by atoms with Gasteiger partial charge in [0.1, 0.15) is 5.76 Å². The smallest absolute Gasteiger partial charge is 0.120 e. The molecule has 0 aliphatic heterocycles. The molecule has 2 heteroatoms. The minimum absolute atomic E-state index is 0.288. The van der Waals surface area contributed by atoms with Crippen LogP contribution in [0.2, 0.25) is 0 Å². The average molecular weight is 177 g/mol. The Balaban J connectivity index is 2.47. The zero-order valence-electron chi connectivity index (χ0n) is 8.13. The maximum atomic E-state index is 5.31. The van der Waals surface area contributed by atoms with Crippen LogP contribution < -0.4 is 5.32 Å². The van der Waals surface area contributed by atoms with Gasteiger partial charge in [0, 0.05) is 6.42 Å².